The molecule has 158 valence electrons. The lowest BCUT2D eigenvalue weighted by Crippen LogP contribution is -2.38. The third kappa shape index (κ3) is 4.66. The second kappa shape index (κ2) is 9.32. The highest BCUT2D eigenvalue weighted by molar-refractivity contribution is 5.99. The Bertz CT molecular complexity index is 986. The molecular formula is C24H28N2O4. The molecule has 30 heavy (non-hydrogen) atoms. The van der Waals surface area contributed by atoms with Crippen molar-refractivity contribution in [3.8, 4) is 16.9 Å². The highest BCUT2D eigenvalue weighted by atomic mass is 16.5. The van der Waals surface area contributed by atoms with Crippen LogP contribution in [0.25, 0.3) is 21.9 Å². The van der Waals surface area contributed by atoms with E-state index < -0.39 is 6.10 Å². The minimum atomic E-state index is -0.613. The number of aliphatic hydroxyl groups excluding tert-OH is 1. The summed E-state index contributed by atoms with van der Waals surface area (Å²) in [6.07, 6.45) is 3.67. The molecule has 6 heteroatoms. The smallest absolute Gasteiger partial charge is 0.219 e. The number of ether oxygens (including phenoxy) is 1. The van der Waals surface area contributed by atoms with E-state index in [0.29, 0.717) is 13.1 Å². The van der Waals surface area contributed by atoms with Crippen LogP contribution in [0.2, 0.25) is 0 Å². The van der Waals surface area contributed by atoms with E-state index >= 15 is 0 Å². The van der Waals surface area contributed by atoms with Crippen LogP contribution in [0, 0.1) is 0 Å². The Labute approximate surface area is 176 Å². The molecule has 0 radical (unpaired) electrons. The molecule has 1 saturated heterocycles. The van der Waals surface area contributed by atoms with Gasteiger partial charge in [0, 0.05) is 44.2 Å². The van der Waals surface area contributed by atoms with E-state index in [-0.39, 0.29) is 12.5 Å². The number of hydrogen-bond donors (Lipinski definition) is 1. The molecular weight excluding hydrogens is 380 g/mol. The van der Waals surface area contributed by atoms with Crippen LogP contribution in [-0.4, -0.2) is 66.2 Å². The fourth-order valence-electron chi connectivity index (χ4n) is 4.08. The maximum atomic E-state index is 11.6. The number of carbonyl (C=O) groups excluding carboxylic acids is 1. The molecule has 1 unspecified atom stereocenters. The molecule has 1 aliphatic rings. The van der Waals surface area contributed by atoms with Crippen LogP contribution in [0.5, 0.6) is 5.75 Å². The van der Waals surface area contributed by atoms with Crippen molar-refractivity contribution < 1.29 is 19.1 Å². The van der Waals surface area contributed by atoms with Gasteiger partial charge >= 0.3 is 0 Å². The van der Waals surface area contributed by atoms with Gasteiger partial charge in [0.2, 0.25) is 5.91 Å². The van der Waals surface area contributed by atoms with Crippen LogP contribution in [0.4, 0.5) is 0 Å². The van der Waals surface area contributed by atoms with E-state index in [4.69, 9.17) is 9.15 Å². The normalized spacial score (nSPS) is 16.4. The number of rotatable bonds is 6. The molecule has 1 N–H and O–H groups in total. The summed E-state index contributed by atoms with van der Waals surface area (Å²) in [5, 5.41) is 12.8. The summed E-state index contributed by atoms with van der Waals surface area (Å²) in [7, 11) is 0. The largest absolute Gasteiger partial charge is 0.490 e. The molecule has 0 saturated carbocycles. The highest BCUT2D eigenvalue weighted by Gasteiger charge is 2.20. The number of amides is 1. The van der Waals surface area contributed by atoms with E-state index in [1.54, 1.807) is 19.5 Å². The van der Waals surface area contributed by atoms with Crippen molar-refractivity contribution in [2.45, 2.75) is 19.4 Å². The van der Waals surface area contributed by atoms with Crippen molar-refractivity contribution in [2.24, 2.45) is 0 Å². The molecule has 6 nitrogen and oxygen atoms in total. The summed E-state index contributed by atoms with van der Waals surface area (Å²) in [6, 6.07) is 14.1. The topological polar surface area (TPSA) is 66.2 Å². The van der Waals surface area contributed by atoms with E-state index in [0.717, 1.165) is 53.7 Å². The lowest BCUT2D eigenvalue weighted by molar-refractivity contribution is -0.128. The Kier molecular flexibility index (Phi) is 6.35. The van der Waals surface area contributed by atoms with Crippen LogP contribution in [0.3, 0.4) is 0 Å². The Balaban J connectivity index is 1.44. The number of furan rings is 1. The van der Waals surface area contributed by atoms with Gasteiger partial charge in [0.15, 0.2) is 0 Å². The van der Waals surface area contributed by atoms with Gasteiger partial charge in [-0.3, -0.25) is 9.69 Å². The van der Waals surface area contributed by atoms with Crippen LogP contribution >= 0.6 is 0 Å². The number of benzene rings is 2. The minimum Gasteiger partial charge on any atom is -0.490 e. The molecule has 1 aliphatic heterocycles. The van der Waals surface area contributed by atoms with Gasteiger partial charge in [0.25, 0.3) is 0 Å². The molecule has 1 aromatic heterocycles. The Morgan fingerprint density at radius 2 is 2.00 bits per heavy atom. The predicted octanol–water partition coefficient (Wildman–Crippen LogP) is 3.39. The van der Waals surface area contributed by atoms with Crippen LogP contribution in [-0.2, 0) is 4.79 Å². The molecule has 1 atom stereocenters. The van der Waals surface area contributed by atoms with Gasteiger partial charge in [-0.15, -0.1) is 0 Å². The maximum Gasteiger partial charge on any atom is 0.219 e. The number of nitrogens with zero attached hydrogens (tertiary/aromatic N) is 2. The molecule has 2 aromatic carbocycles. The van der Waals surface area contributed by atoms with Gasteiger partial charge < -0.3 is 19.2 Å². The molecule has 2 heterocycles. The van der Waals surface area contributed by atoms with Crippen molar-refractivity contribution >= 4 is 16.7 Å². The molecule has 1 fully saturated rings. The second-order valence-corrected chi connectivity index (χ2v) is 7.80. The van der Waals surface area contributed by atoms with Crippen LogP contribution in [0.1, 0.15) is 13.3 Å². The van der Waals surface area contributed by atoms with Crippen LogP contribution in [0.15, 0.2) is 59.4 Å². The lowest BCUT2D eigenvalue weighted by atomic mass is 9.99. The fourth-order valence-corrected chi connectivity index (χ4v) is 4.08. The third-order valence-electron chi connectivity index (χ3n) is 5.63. The monoisotopic (exact) mass is 408 g/mol. The second-order valence-electron chi connectivity index (χ2n) is 7.80. The van der Waals surface area contributed by atoms with Gasteiger partial charge in [-0.25, -0.2) is 0 Å². The summed E-state index contributed by atoms with van der Waals surface area (Å²) in [5.41, 5.74) is 1.93. The summed E-state index contributed by atoms with van der Waals surface area (Å²) in [4.78, 5) is 15.7. The molecule has 0 aliphatic carbocycles. The summed E-state index contributed by atoms with van der Waals surface area (Å²) in [5.74, 6) is 0.844. The van der Waals surface area contributed by atoms with Crippen molar-refractivity contribution in [1.29, 1.82) is 0 Å². The van der Waals surface area contributed by atoms with Crippen molar-refractivity contribution in [3.63, 3.8) is 0 Å². The molecule has 0 spiro atoms. The zero-order valence-electron chi connectivity index (χ0n) is 17.3. The number of β-amino-alcohol motifs (C(OH)–C–C–N with tert-alkyl or cyclic N) is 1. The SMILES string of the molecule is CC(=O)N1CCCN(CC(O)COc2ccc3ccccc3c2-c2ccoc2)CC1. The standard InChI is InChI=1S/C24H28N2O4/c1-18(27)26-11-4-10-25(12-13-26)15-21(28)17-30-23-8-7-19-5-2-3-6-22(19)24(23)20-9-14-29-16-20/h2-3,5-9,14,16,21,28H,4,10-13,15,17H2,1H3. The first-order valence-electron chi connectivity index (χ1n) is 10.4. The van der Waals surface area contributed by atoms with Gasteiger partial charge in [0.1, 0.15) is 18.5 Å². The van der Waals surface area contributed by atoms with E-state index in [2.05, 4.69) is 17.0 Å². The van der Waals surface area contributed by atoms with Crippen molar-refractivity contribution in [2.75, 3.05) is 39.3 Å². The summed E-state index contributed by atoms with van der Waals surface area (Å²) >= 11 is 0. The fraction of sp³-hybridized carbons (Fsp3) is 0.375. The maximum absolute atomic E-state index is 11.6. The Hall–Kier alpha value is -2.83. The van der Waals surface area contributed by atoms with Gasteiger partial charge in [-0.2, -0.15) is 0 Å². The van der Waals surface area contributed by atoms with E-state index in [1.807, 2.05) is 35.2 Å². The zero-order chi connectivity index (χ0) is 20.9. The first-order valence-corrected chi connectivity index (χ1v) is 10.4. The molecule has 0 bridgehead atoms. The first-order chi connectivity index (χ1) is 14.6. The van der Waals surface area contributed by atoms with E-state index in [9.17, 15) is 9.90 Å². The molecule has 3 aromatic rings. The highest BCUT2D eigenvalue weighted by Crippen LogP contribution is 2.37. The van der Waals surface area contributed by atoms with Crippen LogP contribution < -0.4 is 4.74 Å². The lowest BCUT2D eigenvalue weighted by Gasteiger charge is -2.24. The first kappa shape index (κ1) is 20.4. The average Bonchev–Trinajstić information content (AvgIpc) is 3.17. The number of hydrogen-bond acceptors (Lipinski definition) is 5. The van der Waals surface area contributed by atoms with Gasteiger partial charge in [-0.1, -0.05) is 30.3 Å². The van der Waals surface area contributed by atoms with Crippen molar-refractivity contribution in [1.82, 2.24) is 9.80 Å². The third-order valence-corrected chi connectivity index (χ3v) is 5.63. The Morgan fingerprint density at radius 1 is 1.13 bits per heavy atom. The van der Waals surface area contributed by atoms with Gasteiger partial charge in [0.05, 0.1) is 12.5 Å². The predicted molar refractivity (Wildman–Crippen MR) is 116 cm³/mol. The quantitative estimate of drug-likeness (QED) is 0.677. The zero-order valence-corrected chi connectivity index (χ0v) is 17.3. The van der Waals surface area contributed by atoms with Gasteiger partial charge in [-0.05, 0) is 35.9 Å². The van der Waals surface area contributed by atoms with E-state index in [1.165, 1.54) is 0 Å². The Morgan fingerprint density at radius 3 is 2.80 bits per heavy atom. The summed E-state index contributed by atoms with van der Waals surface area (Å²) < 4.78 is 11.4. The number of fused-ring (bicyclic) bond motifs is 1. The number of aliphatic hydroxyl groups is 1. The average molecular weight is 408 g/mol. The molecule has 1 amide bonds. The minimum absolute atomic E-state index is 0.115. The summed E-state index contributed by atoms with van der Waals surface area (Å²) in [6.45, 7) is 5.47. The molecule has 4 rings (SSSR count). The van der Waals surface area contributed by atoms with Crippen molar-refractivity contribution in [3.05, 3.63) is 55.0 Å². The number of carbonyl (C=O) groups is 1.